The van der Waals surface area contributed by atoms with E-state index in [2.05, 4.69) is 4.98 Å². The highest BCUT2D eigenvalue weighted by molar-refractivity contribution is 6.35. The van der Waals surface area contributed by atoms with Gasteiger partial charge in [0.15, 0.2) is 5.60 Å². The van der Waals surface area contributed by atoms with Gasteiger partial charge in [0.2, 0.25) is 0 Å². The van der Waals surface area contributed by atoms with E-state index in [-0.39, 0.29) is 0 Å². The summed E-state index contributed by atoms with van der Waals surface area (Å²) in [7, 11) is 1.59. The van der Waals surface area contributed by atoms with Gasteiger partial charge in [-0.2, -0.15) is 0 Å². The van der Waals surface area contributed by atoms with Crippen LogP contribution in [0.1, 0.15) is 16.9 Å². The van der Waals surface area contributed by atoms with Crippen molar-refractivity contribution < 1.29 is 14.3 Å². The summed E-state index contributed by atoms with van der Waals surface area (Å²) in [5.74, 6) is 0.987. The molecule has 0 spiro atoms. The molecule has 0 aliphatic rings. The normalized spacial score (nSPS) is 13.5. The molecular weight excluding hydrogens is 385 g/mol. The van der Waals surface area contributed by atoms with Crippen LogP contribution in [0.4, 0.5) is 0 Å². The van der Waals surface area contributed by atoms with E-state index in [1.54, 1.807) is 62.0 Å². The number of nitrogens with zero attached hydrogens (tertiary/aromatic N) is 1. The zero-order chi connectivity index (χ0) is 19.0. The van der Waals surface area contributed by atoms with Gasteiger partial charge >= 0.3 is 0 Å². The van der Waals surface area contributed by atoms with E-state index in [4.69, 9.17) is 32.4 Å². The first kappa shape index (κ1) is 17.9. The first-order valence-corrected chi connectivity index (χ1v) is 8.94. The second-order valence-corrected chi connectivity index (χ2v) is 6.93. The van der Waals surface area contributed by atoms with E-state index in [0.717, 1.165) is 5.39 Å². The van der Waals surface area contributed by atoms with Gasteiger partial charge in [-0.05, 0) is 36.4 Å². The summed E-state index contributed by atoms with van der Waals surface area (Å²) >= 11 is 12.5. The van der Waals surface area contributed by atoms with Crippen molar-refractivity contribution in [2.75, 3.05) is 7.11 Å². The number of ether oxygens (including phenoxy) is 1. The van der Waals surface area contributed by atoms with Gasteiger partial charge < -0.3 is 14.3 Å². The van der Waals surface area contributed by atoms with Crippen LogP contribution in [0.15, 0.2) is 71.4 Å². The maximum Gasteiger partial charge on any atom is 0.176 e. The van der Waals surface area contributed by atoms with Crippen LogP contribution in [0.2, 0.25) is 10.0 Å². The van der Waals surface area contributed by atoms with Crippen molar-refractivity contribution in [2.45, 2.75) is 5.60 Å². The van der Waals surface area contributed by atoms with Crippen molar-refractivity contribution in [3.63, 3.8) is 0 Å². The average molecular weight is 400 g/mol. The minimum atomic E-state index is -1.64. The Kier molecular flexibility index (Phi) is 4.56. The lowest BCUT2D eigenvalue weighted by Crippen LogP contribution is -2.29. The van der Waals surface area contributed by atoms with Gasteiger partial charge in [-0.25, -0.2) is 0 Å². The van der Waals surface area contributed by atoms with Gasteiger partial charge in [0, 0.05) is 45.0 Å². The lowest BCUT2D eigenvalue weighted by molar-refractivity contribution is 0.101. The molecule has 0 saturated carbocycles. The van der Waals surface area contributed by atoms with Crippen molar-refractivity contribution >= 4 is 34.2 Å². The molecule has 0 saturated heterocycles. The van der Waals surface area contributed by atoms with Gasteiger partial charge in [0.25, 0.3) is 0 Å². The molecule has 1 N–H and O–H groups in total. The van der Waals surface area contributed by atoms with E-state index in [9.17, 15) is 5.11 Å². The highest BCUT2D eigenvalue weighted by Gasteiger charge is 2.39. The molecule has 136 valence electrons. The summed E-state index contributed by atoms with van der Waals surface area (Å²) in [6.07, 6.45) is 3.22. The first-order valence-electron chi connectivity index (χ1n) is 8.19. The smallest absolute Gasteiger partial charge is 0.176 e. The van der Waals surface area contributed by atoms with Crippen molar-refractivity contribution in [1.82, 2.24) is 4.98 Å². The van der Waals surface area contributed by atoms with Gasteiger partial charge in [-0.1, -0.05) is 35.3 Å². The molecule has 1 unspecified atom stereocenters. The molecule has 4 aromatic rings. The molecular formula is C21H15Cl2NO3. The van der Waals surface area contributed by atoms with Crippen molar-refractivity contribution in [3.05, 3.63) is 93.9 Å². The van der Waals surface area contributed by atoms with Crippen LogP contribution >= 0.6 is 23.2 Å². The van der Waals surface area contributed by atoms with E-state index in [1.807, 2.05) is 12.1 Å². The Morgan fingerprint density at radius 2 is 1.93 bits per heavy atom. The van der Waals surface area contributed by atoms with E-state index < -0.39 is 5.60 Å². The fourth-order valence-corrected chi connectivity index (χ4v) is 3.65. The lowest BCUT2D eigenvalue weighted by Gasteiger charge is -2.27. The quantitative estimate of drug-likeness (QED) is 0.497. The summed E-state index contributed by atoms with van der Waals surface area (Å²) in [5.41, 5.74) is -0.0630. The van der Waals surface area contributed by atoms with Gasteiger partial charge in [-0.15, -0.1) is 0 Å². The molecule has 27 heavy (non-hydrogen) atoms. The number of aliphatic hydroxyl groups is 1. The number of rotatable bonds is 4. The van der Waals surface area contributed by atoms with Crippen molar-refractivity contribution in [2.24, 2.45) is 0 Å². The molecule has 0 radical (unpaired) electrons. The number of hydrogen-bond acceptors (Lipinski definition) is 4. The number of methoxy groups -OCH3 is 1. The maximum absolute atomic E-state index is 11.8. The first-order chi connectivity index (χ1) is 13.0. The molecule has 0 amide bonds. The van der Waals surface area contributed by atoms with Crippen molar-refractivity contribution in [3.8, 4) is 5.75 Å². The molecule has 4 nitrogen and oxygen atoms in total. The highest BCUT2D eigenvalue weighted by Crippen LogP contribution is 2.42. The highest BCUT2D eigenvalue weighted by atomic mass is 35.5. The molecule has 0 fully saturated rings. The Balaban J connectivity index is 1.99. The van der Waals surface area contributed by atoms with Gasteiger partial charge in [0.1, 0.15) is 17.1 Å². The van der Waals surface area contributed by atoms with Crippen molar-refractivity contribution in [1.29, 1.82) is 0 Å². The van der Waals surface area contributed by atoms with Crippen LogP contribution in [0.3, 0.4) is 0 Å². The topological polar surface area (TPSA) is 55.5 Å². The number of halogens is 2. The minimum Gasteiger partial charge on any atom is -0.497 e. The van der Waals surface area contributed by atoms with Crippen LogP contribution in [-0.2, 0) is 5.60 Å². The SMILES string of the molecule is COc1ccc2cc(C(O)(c3cccnc3)c3ccc(Cl)cc3Cl)oc2c1. The molecule has 1 atom stereocenters. The Hall–Kier alpha value is -2.53. The number of hydrogen-bond donors (Lipinski definition) is 1. The van der Waals surface area contributed by atoms with Crippen LogP contribution < -0.4 is 4.74 Å². The number of furan rings is 1. The average Bonchev–Trinajstić information content (AvgIpc) is 3.11. The van der Waals surface area contributed by atoms with Crippen LogP contribution in [-0.4, -0.2) is 17.2 Å². The van der Waals surface area contributed by atoms with Crippen LogP contribution in [0.5, 0.6) is 5.75 Å². The standard InChI is InChI=1S/C21H15Cl2NO3/c1-26-16-6-4-13-9-20(27-19(13)11-16)21(25,14-3-2-8-24-12-14)17-7-5-15(22)10-18(17)23/h2-12,25H,1H3. The molecule has 6 heteroatoms. The summed E-state index contributed by atoms with van der Waals surface area (Å²) in [6.45, 7) is 0. The molecule has 2 aromatic carbocycles. The lowest BCUT2D eigenvalue weighted by atomic mass is 9.85. The van der Waals surface area contributed by atoms with Crippen LogP contribution in [0.25, 0.3) is 11.0 Å². The van der Waals surface area contributed by atoms with E-state index in [0.29, 0.717) is 38.3 Å². The third kappa shape index (κ3) is 3.06. The second kappa shape index (κ2) is 6.89. The number of aromatic nitrogens is 1. The summed E-state index contributed by atoms with van der Waals surface area (Å²) in [4.78, 5) is 4.14. The molecule has 0 bridgehead atoms. The largest absolute Gasteiger partial charge is 0.497 e. The Morgan fingerprint density at radius 1 is 1.07 bits per heavy atom. The summed E-state index contributed by atoms with van der Waals surface area (Å²) < 4.78 is 11.3. The van der Waals surface area contributed by atoms with Gasteiger partial charge in [-0.3, -0.25) is 4.98 Å². The molecule has 2 heterocycles. The zero-order valence-corrected chi connectivity index (χ0v) is 15.8. The van der Waals surface area contributed by atoms with E-state index in [1.165, 1.54) is 0 Å². The molecule has 4 rings (SSSR count). The third-order valence-electron chi connectivity index (χ3n) is 4.48. The van der Waals surface area contributed by atoms with Gasteiger partial charge in [0.05, 0.1) is 7.11 Å². The summed E-state index contributed by atoms with van der Waals surface area (Å²) in [5, 5.41) is 13.5. The number of fused-ring (bicyclic) bond motifs is 1. The van der Waals surface area contributed by atoms with Crippen LogP contribution in [0, 0.1) is 0 Å². The fraction of sp³-hybridized carbons (Fsp3) is 0.0952. The number of benzene rings is 2. The molecule has 0 aliphatic carbocycles. The monoisotopic (exact) mass is 399 g/mol. The maximum atomic E-state index is 11.8. The molecule has 0 aliphatic heterocycles. The second-order valence-electron chi connectivity index (χ2n) is 6.09. The van der Waals surface area contributed by atoms with E-state index >= 15 is 0 Å². The molecule has 2 aromatic heterocycles. The summed E-state index contributed by atoms with van der Waals surface area (Å²) in [6, 6.07) is 15.7. The number of pyridine rings is 1. The Morgan fingerprint density at radius 3 is 2.63 bits per heavy atom. The minimum absolute atomic E-state index is 0.322. The Labute approximate surface area is 165 Å². The zero-order valence-electron chi connectivity index (χ0n) is 14.3. The fourth-order valence-electron chi connectivity index (χ4n) is 3.11. The Bertz CT molecular complexity index is 1110. The predicted octanol–water partition coefficient (Wildman–Crippen LogP) is 5.43. The predicted molar refractivity (Wildman–Crippen MR) is 106 cm³/mol. The third-order valence-corrected chi connectivity index (χ3v) is 5.03.